The lowest BCUT2D eigenvalue weighted by molar-refractivity contribution is -0.140. The lowest BCUT2D eigenvalue weighted by Crippen LogP contribution is -2.53. The first kappa shape index (κ1) is 30.9. The molecule has 41 heavy (non-hydrogen) atoms. The van der Waals surface area contributed by atoms with Crippen molar-refractivity contribution in [3.8, 4) is 0 Å². The molecule has 4 rings (SSSR count). The van der Waals surface area contributed by atoms with Gasteiger partial charge in [-0.1, -0.05) is 73.3 Å². The quantitative estimate of drug-likeness (QED) is 0.272. The summed E-state index contributed by atoms with van der Waals surface area (Å²) in [4.78, 5) is 29.2. The fraction of sp³-hybridized carbons (Fsp3) is 0.355. The molecule has 3 aromatic rings. The van der Waals surface area contributed by atoms with Crippen molar-refractivity contribution in [2.24, 2.45) is 0 Å². The number of nitrogens with one attached hydrogen (secondary N) is 1. The first-order chi connectivity index (χ1) is 19.6. The van der Waals surface area contributed by atoms with Crippen LogP contribution in [-0.4, -0.2) is 43.8 Å². The van der Waals surface area contributed by atoms with Gasteiger partial charge in [0.25, 0.3) is 10.0 Å². The van der Waals surface area contributed by atoms with E-state index in [1.165, 1.54) is 35.2 Å². The number of nitrogens with zero attached hydrogens (tertiary/aromatic N) is 2. The van der Waals surface area contributed by atoms with Gasteiger partial charge in [-0.2, -0.15) is 0 Å². The minimum absolute atomic E-state index is 0.0221. The molecule has 7 nitrogen and oxygen atoms in total. The number of carbonyl (C=O) groups is 2. The van der Waals surface area contributed by atoms with Crippen LogP contribution in [0.3, 0.4) is 0 Å². The van der Waals surface area contributed by atoms with E-state index in [2.05, 4.69) is 5.32 Å². The molecule has 0 aliphatic heterocycles. The Morgan fingerprint density at radius 1 is 0.951 bits per heavy atom. The first-order valence-electron chi connectivity index (χ1n) is 13.8. The molecule has 2 amide bonds. The Morgan fingerprint density at radius 3 is 2.27 bits per heavy atom. The van der Waals surface area contributed by atoms with Gasteiger partial charge in [0.05, 0.1) is 10.6 Å². The number of aryl methyl sites for hydroxylation is 1. The third-order valence-electron chi connectivity index (χ3n) is 7.47. The predicted octanol–water partition coefficient (Wildman–Crippen LogP) is 6.36. The van der Waals surface area contributed by atoms with Crippen LogP contribution < -0.4 is 9.62 Å². The Bertz CT molecular complexity index is 1470. The van der Waals surface area contributed by atoms with E-state index in [9.17, 15) is 18.0 Å². The van der Waals surface area contributed by atoms with Crippen molar-refractivity contribution < 1.29 is 18.0 Å². The Hall–Kier alpha value is -3.07. The third-order valence-corrected chi connectivity index (χ3v) is 9.74. The molecule has 1 N–H and O–H groups in total. The van der Waals surface area contributed by atoms with Gasteiger partial charge in [0.15, 0.2) is 0 Å². The molecule has 0 aromatic heterocycles. The van der Waals surface area contributed by atoms with Gasteiger partial charge < -0.3 is 10.2 Å². The number of hydrogen-bond acceptors (Lipinski definition) is 4. The van der Waals surface area contributed by atoms with Crippen LogP contribution in [0.1, 0.15) is 50.2 Å². The molecular formula is C31H35Cl2N3O4S. The van der Waals surface area contributed by atoms with Gasteiger partial charge in [-0.05, 0) is 79.8 Å². The Balaban J connectivity index is 1.72. The molecule has 3 aromatic carbocycles. The lowest BCUT2D eigenvalue weighted by Gasteiger charge is -2.34. The van der Waals surface area contributed by atoms with E-state index in [-0.39, 0.29) is 29.1 Å². The monoisotopic (exact) mass is 615 g/mol. The summed E-state index contributed by atoms with van der Waals surface area (Å²) in [6, 6.07) is 19.1. The fourth-order valence-electron chi connectivity index (χ4n) is 5.15. The van der Waals surface area contributed by atoms with Crippen molar-refractivity contribution in [2.75, 3.05) is 10.8 Å². The van der Waals surface area contributed by atoms with Crippen molar-refractivity contribution in [3.05, 3.63) is 94.0 Å². The summed E-state index contributed by atoms with van der Waals surface area (Å²) in [5, 5.41) is 3.84. The van der Waals surface area contributed by atoms with Crippen LogP contribution in [0.15, 0.2) is 77.7 Å². The number of sulfonamides is 1. The molecule has 0 radical (unpaired) electrons. The number of halogens is 2. The minimum Gasteiger partial charge on any atom is -0.352 e. The molecule has 1 aliphatic rings. The van der Waals surface area contributed by atoms with Crippen molar-refractivity contribution >= 4 is 50.7 Å². The second-order valence-corrected chi connectivity index (χ2v) is 13.0. The topological polar surface area (TPSA) is 86.8 Å². The summed E-state index contributed by atoms with van der Waals surface area (Å²) in [5.41, 5.74) is 2.08. The molecule has 218 valence electrons. The lowest BCUT2D eigenvalue weighted by atomic mass is 10.1. The summed E-state index contributed by atoms with van der Waals surface area (Å²) in [7, 11) is -4.20. The van der Waals surface area contributed by atoms with E-state index >= 15 is 0 Å². The standard InChI is InChI=1S/C31H35Cl2N3O4S/c1-3-29(31(38)34-26-12-6-7-13-26)35(20-23-10-5-4-9-22(23)2)30(37)21-36(27-14-8-11-25(33)19-27)41(39,40)28-17-15-24(32)16-18-28/h4-5,8-11,14-19,26,29H,3,6-7,12-13,20-21H2,1-2H3,(H,34,38). The molecule has 1 aliphatic carbocycles. The average Bonchev–Trinajstić information content (AvgIpc) is 3.45. The van der Waals surface area contributed by atoms with E-state index in [0.717, 1.165) is 41.1 Å². The predicted molar refractivity (Wildman–Crippen MR) is 164 cm³/mol. The second kappa shape index (κ2) is 13.7. The minimum atomic E-state index is -4.20. The summed E-state index contributed by atoms with van der Waals surface area (Å²) < 4.78 is 28.9. The van der Waals surface area contributed by atoms with Gasteiger partial charge in [0.2, 0.25) is 11.8 Å². The molecule has 0 heterocycles. The molecule has 0 spiro atoms. The van der Waals surface area contributed by atoms with Gasteiger partial charge in [-0.3, -0.25) is 13.9 Å². The van der Waals surface area contributed by atoms with E-state index in [4.69, 9.17) is 23.2 Å². The number of carbonyl (C=O) groups excluding carboxylic acids is 2. The Kier molecular flexibility index (Phi) is 10.3. The van der Waals surface area contributed by atoms with Gasteiger partial charge in [-0.15, -0.1) is 0 Å². The van der Waals surface area contributed by atoms with Gasteiger partial charge in [-0.25, -0.2) is 8.42 Å². The van der Waals surface area contributed by atoms with Gasteiger partial charge >= 0.3 is 0 Å². The maximum Gasteiger partial charge on any atom is 0.264 e. The average molecular weight is 617 g/mol. The summed E-state index contributed by atoms with van der Waals surface area (Å²) in [5.74, 6) is -0.726. The fourth-order valence-corrected chi connectivity index (χ4v) is 6.87. The molecule has 1 atom stereocenters. The highest BCUT2D eigenvalue weighted by Gasteiger charge is 2.34. The van der Waals surface area contributed by atoms with Crippen molar-refractivity contribution in [1.29, 1.82) is 0 Å². The molecular weight excluding hydrogens is 581 g/mol. The smallest absolute Gasteiger partial charge is 0.264 e. The maximum absolute atomic E-state index is 14.2. The Morgan fingerprint density at radius 2 is 1.63 bits per heavy atom. The van der Waals surface area contributed by atoms with Crippen LogP contribution in [0, 0.1) is 6.92 Å². The van der Waals surface area contributed by atoms with Crippen LogP contribution in [-0.2, 0) is 26.2 Å². The van der Waals surface area contributed by atoms with Crippen LogP contribution in [0.2, 0.25) is 10.0 Å². The zero-order chi connectivity index (χ0) is 29.6. The van der Waals surface area contributed by atoms with Crippen molar-refractivity contribution in [2.45, 2.75) is 69.5 Å². The zero-order valence-corrected chi connectivity index (χ0v) is 25.6. The van der Waals surface area contributed by atoms with Gasteiger partial charge in [0.1, 0.15) is 12.6 Å². The molecule has 0 saturated heterocycles. The van der Waals surface area contributed by atoms with Crippen LogP contribution in [0.4, 0.5) is 5.69 Å². The van der Waals surface area contributed by atoms with E-state index < -0.39 is 28.5 Å². The molecule has 0 bridgehead atoms. The number of rotatable bonds is 11. The zero-order valence-electron chi connectivity index (χ0n) is 23.2. The van der Waals surface area contributed by atoms with Crippen molar-refractivity contribution in [3.63, 3.8) is 0 Å². The third kappa shape index (κ3) is 7.61. The molecule has 1 fully saturated rings. The summed E-state index contributed by atoms with van der Waals surface area (Å²) >= 11 is 12.2. The van der Waals surface area contributed by atoms with E-state index in [0.29, 0.717) is 16.5 Å². The molecule has 1 unspecified atom stereocenters. The van der Waals surface area contributed by atoms with Crippen LogP contribution >= 0.6 is 23.2 Å². The number of hydrogen-bond donors (Lipinski definition) is 1. The van der Waals surface area contributed by atoms with Crippen molar-refractivity contribution in [1.82, 2.24) is 10.2 Å². The largest absolute Gasteiger partial charge is 0.352 e. The summed E-state index contributed by atoms with van der Waals surface area (Å²) in [6.45, 7) is 3.44. The Labute approximate surface area is 252 Å². The number of benzene rings is 3. The molecule has 1 saturated carbocycles. The second-order valence-electron chi connectivity index (χ2n) is 10.3. The highest BCUT2D eigenvalue weighted by atomic mass is 35.5. The SMILES string of the molecule is CCC(C(=O)NC1CCCC1)N(Cc1ccccc1C)C(=O)CN(c1cccc(Cl)c1)S(=O)(=O)c1ccc(Cl)cc1. The van der Waals surface area contributed by atoms with Crippen LogP contribution in [0.5, 0.6) is 0 Å². The van der Waals surface area contributed by atoms with E-state index in [1.54, 1.807) is 18.2 Å². The number of amides is 2. The maximum atomic E-state index is 14.2. The first-order valence-corrected chi connectivity index (χ1v) is 16.0. The highest BCUT2D eigenvalue weighted by Crippen LogP contribution is 2.28. The normalized spacial score (nSPS) is 14.4. The summed E-state index contributed by atoms with van der Waals surface area (Å²) in [6.07, 6.45) is 4.32. The highest BCUT2D eigenvalue weighted by molar-refractivity contribution is 7.92. The molecule has 10 heteroatoms. The van der Waals surface area contributed by atoms with Crippen LogP contribution in [0.25, 0.3) is 0 Å². The van der Waals surface area contributed by atoms with E-state index in [1.807, 2.05) is 38.1 Å². The number of anilines is 1. The van der Waals surface area contributed by atoms with Gasteiger partial charge in [0, 0.05) is 22.6 Å².